The lowest BCUT2D eigenvalue weighted by Gasteiger charge is -2.36. The number of carbonyl (C=O) groups is 3. The standard InChI is InChI=1S/C25H26Cl3N5O4.C25H28ClN5O5.C24H24Cl3N5O4.3CH4/c1-29(2)8-3-9-32-21-7-5-17(26)15-18(21)22(23(25(32)35)33(36)37)30-10-12-31(13-11-30)24(34)16-4-6-19(27)20(28)14-16;1-27(2)10-15-30-21-9-6-18(26)16-20(21)22(23(25(30)33)31(34)35)28-11-13-29(14-12-28)24(32)17-4-7-19(36-3)8-5-17;1-28(2)7-12-31-20-6-4-16(25)14-17(20)21(22(24(31)34)32(35)36)29-8-10-30(11-9-29)23(33)15-3-5-18(26)19(27)13-15;;;/h4-7,14-15H,3,8-13H2,1-2H3;4-9,16H,10-15H2,1-3H3;3-6,13-14H,7-12H2,1-2H3;3*1H4. The molecule has 3 fully saturated rings. The number of hydrogen-bond donors (Lipinski definition) is 0. The number of nitrogens with zero attached hydrogens (tertiary/aromatic N) is 15. The summed E-state index contributed by atoms with van der Waals surface area (Å²) in [5.74, 6) is 0.111. The van der Waals surface area contributed by atoms with E-state index in [1.807, 2.05) is 61.9 Å². The van der Waals surface area contributed by atoms with Gasteiger partial charge < -0.3 is 62.5 Å². The van der Waals surface area contributed by atoms with Crippen LogP contribution in [0.25, 0.3) is 32.7 Å². The quantitative estimate of drug-likeness (QED) is 0.0506. The Labute approximate surface area is 683 Å². The van der Waals surface area contributed by atoms with Gasteiger partial charge in [0.15, 0.2) is 0 Å². The van der Waals surface area contributed by atoms with Gasteiger partial charge in [-0.3, -0.25) is 59.1 Å². The number of piperazine rings is 3. The number of aryl methyl sites for hydroxylation is 1. The Bertz CT molecular complexity index is 5180. The maximum absolute atomic E-state index is 13.4. The predicted molar refractivity (Wildman–Crippen MR) is 450 cm³/mol. The summed E-state index contributed by atoms with van der Waals surface area (Å²) < 4.78 is 9.48. The van der Waals surface area contributed by atoms with Crippen molar-refractivity contribution >= 4 is 166 Å². The summed E-state index contributed by atoms with van der Waals surface area (Å²) >= 11 is 42.9. The Morgan fingerprint density at radius 3 is 0.946 bits per heavy atom. The zero-order valence-corrected chi connectivity index (χ0v) is 65.9. The lowest BCUT2D eigenvalue weighted by atomic mass is 10.1. The number of nitro groups is 3. The molecule has 0 atom stereocenters. The highest BCUT2D eigenvalue weighted by atomic mass is 35.5. The number of ether oxygens (including phenoxy) is 1. The average molecular weight is 1680 g/mol. The van der Waals surface area contributed by atoms with Gasteiger partial charge in [-0.1, -0.05) is 103 Å². The summed E-state index contributed by atoms with van der Waals surface area (Å²) in [6, 6.07) is 31.4. The van der Waals surface area contributed by atoms with E-state index in [9.17, 15) is 59.1 Å². The Kier molecular flexibility index (Phi) is 31.6. The molecular weight excluding hydrogens is 1590 g/mol. The summed E-state index contributed by atoms with van der Waals surface area (Å²) in [5, 5.41) is 40.7. The monoisotopic (exact) mass is 1680 g/mol. The minimum atomic E-state index is -0.666. The molecule has 3 aliphatic heterocycles. The van der Waals surface area contributed by atoms with Crippen molar-refractivity contribution in [2.45, 2.75) is 48.3 Å². The molecule has 0 saturated carbocycles. The van der Waals surface area contributed by atoms with E-state index >= 15 is 0 Å². The van der Waals surface area contributed by atoms with Crippen LogP contribution in [0, 0.1) is 30.3 Å². The molecule has 28 nitrogen and oxygen atoms in total. The number of rotatable bonds is 20. The van der Waals surface area contributed by atoms with Crippen LogP contribution in [0.2, 0.25) is 35.2 Å². The molecule has 0 N–H and O–H groups in total. The minimum absolute atomic E-state index is 0. The van der Waals surface area contributed by atoms with Gasteiger partial charge in [-0.05, 0) is 171 Å². The van der Waals surface area contributed by atoms with E-state index in [1.54, 1.807) is 135 Å². The van der Waals surface area contributed by atoms with Gasteiger partial charge in [-0.25, -0.2) is 0 Å². The zero-order valence-electron chi connectivity index (χ0n) is 60.6. The van der Waals surface area contributed by atoms with Crippen LogP contribution in [-0.2, 0) is 19.6 Å². The number of hydrogen-bond acceptors (Lipinski definition) is 19. The second kappa shape index (κ2) is 39.4. The highest BCUT2D eigenvalue weighted by Crippen LogP contribution is 2.40. The molecule has 6 aromatic carbocycles. The molecule has 35 heteroatoms. The van der Waals surface area contributed by atoms with E-state index in [0.29, 0.717) is 191 Å². The Balaban J connectivity index is 0.000000230. The van der Waals surface area contributed by atoms with E-state index in [2.05, 4.69) is 0 Å². The first-order chi connectivity index (χ1) is 51.9. The van der Waals surface area contributed by atoms with Gasteiger partial charge in [-0.15, -0.1) is 0 Å². The second-order valence-corrected chi connectivity index (χ2v) is 29.7. The first kappa shape index (κ1) is 89.9. The maximum atomic E-state index is 13.4. The fourth-order valence-electron chi connectivity index (χ4n) is 13.4. The molecule has 9 aromatic rings. The molecule has 3 aliphatic rings. The summed E-state index contributed by atoms with van der Waals surface area (Å²) in [6.45, 7) is 6.56. The van der Waals surface area contributed by atoms with Gasteiger partial charge >= 0.3 is 33.7 Å². The number of carbonyl (C=O) groups excluding carboxylic acids is 3. The van der Waals surface area contributed by atoms with E-state index < -0.39 is 48.5 Å². The van der Waals surface area contributed by atoms with Gasteiger partial charge in [0.25, 0.3) is 17.7 Å². The first-order valence-electron chi connectivity index (χ1n) is 34.5. The highest BCUT2D eigenvalue weighted by Gasteiger charge is 2.37. The molecule has 0 radical (unpaired) electrons. The van der Waals surface area contributed by atoms with Gasteiger partial charge in [0.05, 0.1) is 58.5 Å². The fraction of sp³-hybridized carbons (Fsp3) is 0.377. The third-order valence-electron chi connectivity index (χ3n) is 18.9. The smallest absolute Gasteiger partial charge is 0.357 e. The predicted octanol–water partition coefficient (Wildman–Crippen LogP) is 14.2. The van der Waals surface area contributed by atoms with Crippen LogP contribution in [0.5, 0.6) is 5.75 Å². The average Bonchev–Trinajstić information content (AvgIpc) is 0.756. The topological polar surface area (TPSA) is 285 Å². The fourth-order valence-corrected chi connectivity index (χ4v) is 14.5. The van der Waals surface area contributed by atoms with Crippen molar-refractivity contribution in [3.05, 3.63) is 229 Å². The normalized spacial score (nSPS) is 13.6. The van der Waals surface area contributed by atoms with Crippen LogP contribution in [0.1, 0.15) is 59.8 Å². The number of benzene rings is 6. The third kappa shape index (κ3) is 20.4. The van der Waals surface area contributed by atoms with E-state index in [0.717, 1.165) is 6.54 Å². The summed E-state index contributed by atoms with van der Waals surface area (Å²) in [7, 11) is 12.9. The molecule has 12 rings (SSSR count). The van der Waals surface area contributed by atoms with Crippen LogP contribution in [0.3, 0.4) is 0 Å². The van der Waals surface area contributed by atoms with Gasteiger partial charge in [0, 0.05) is 159 Å². The van der Waals surface area contributed by atoms with Crippen molar-refractivity contribution in [3.8, 4) is 5.75 Å². The largest absolute Gasteiger partial charge is 0.497 e. The van der Waals surface area contributed by atoms with Crippen LogP contribution in [-0.4, -0.2) is 223 Å². The number of methoxy groups -OCH3 is 1. The lowest BCUT2D eigenvalue weighted by molar-refractivity contribution is -0.385. The van der Waals surface area contributed by atoms with Crippen molar-refractivity contribution < 1.29 is 33.9 Å². The van der Waals surface area contributed by atoms with Crippen molar-refractivity contribution in [1.29, 1.82) is 0 Å². The van der Waals surface area contributed by atoms with Crippen molar-refractivity contribution in [1.82, 2.24) is 43.1 Å². The maximum Gasteiger partial charge on any atom is 0.357 e. The zero-order chi connectivity index (χ0) is 79.0. The summed E-state index contributed by atoms with van der Waals surface area (Å²) in [4.78, 5) is 130. The number of likely N-dealkylation sites (N-methyl/N-ethyl adjacent to an activating group) is 2. The number of aromatic nitrogens is 3. The number of anilines is 3. The van der Waals surface area contributed by atoms with E-state index in [-0.39, 0.29) is 73.7 Å². The number of amides is 3. The van der Waals surface area contributed by atoms with Gasteiger partial charge in [0.2, 0.25) is 0 Å². The molecule has 0 unspecified atom stereocenters. The number of halogens is 7. The van der Waals surface area contributed by atoms with Crippen molar-refractivity contribution in [2.24, 2.45) is 0 Å². The molecule has 0 aliphatic carbocycles. The third-order valence-corrected chi connectivity index (χ3v) is 21.1. The molecular formula is C77H90Cl7N15O13. The molecule has 6 heterocycles. The van der Waals surface area contributed by atoms with Crippen LogP contribution >= 0.6 is 81.2 Å². The summed E-state index contributed by atoms with van der Waals surface area (Å²) in [6.07, 6.45) is 0.649. The molecule has 3 saturated heterocycles. The van der Waals surface area contributed by atoms with Crippen LogP contribution in [0.15, 0.2) is 130 Å². The molecule has 3 aromatic heterocycles. The Hall–Kier alpha value is -9.33. The molecule has 0 bridgehead atoms. The Morgan fingerprint density at radius 1 is 0.384 bits per heavy atom. The lowest BCUT2D eigenvalue weighted by Crippen LogP contribution is -2.49. The first-order valence-corrected chi connectivity index (χ1v) is 37.1. The molecule has 112 heavy (non-hydrogen) atoms. The number of fused-ring (bicyclic) bond motifs is 3. The van der Waals surface area contributed by atoms with Gasteiger partial charge in [-0.2, -0.15) is 0 Å². The summed E-state index contributed by atoms with van der Waals surface area (Å²) in [5.41, 5.74) is 0.394. The van der Waals surface area contributed by atoms with Crippen molar-refractivity contribution in [3.63, 3.8) is 0 Å². The molecule has 600 valence electrons. The van der Waals surface area contributed by atoms with Crippen molar-refractivity contribution in [2.75, 3.05) is 162 Å². The Morgan fingerprint density at radius 2 is 0.670 bits per heavy atom. The van der Waals surface area contributed by atoms with E-state index in [1.165, 1.54) is 25.8 Å². The highest BCUT2D eigenvalue weighted by molar-refractivity contribution is 6.43. The molecule has 3 amide bonds. The second-order valence-electron chi connectivity index (χ2n) is 26.8. The van der Waals surface area contributed by atoms with Crippen LogP contribution < -0.4 is 36.1 Å². The SMILES string of the molecule is C.C.C.CN(C)CCCn1c(=O)c([N+](=O)[O-])c(N2CCN(C(=O)c3ccc(Cl)c(Cl)c3)CC2)c2cc(Cl)ccc21.CN(C)CCn1c(=O)c([N+](=O)[O-])c(N2CCN(C(=O)c3ccc(Cl)c(Cl)c3)CC2)c2cc(Cl)ccc21.COc1ccc(C(=O)N2CCN(c3c([N+](=O)[O-])c(=O)n(CCN(C)C)c4ccc(Cl)cc34)CC2)cc1. The van der Waals surface area contributed by atoms with Crippen LogP contribution in [0.4, 0.5) is 34.1 Å². The van der Waals surface area contributed by atoms with Gasteiger partial charge in [0.1, 0.15) is 22.8 Å². The molecule has 0 spiro atoms. The number of pyridine rings is 3. The minimum Gasteiger partial charge on any atom is -0.497 e. The van der Waals surface area contributed by atoms with E-state index in [4.69, 9.17) is 85.9 Å².